The van der Waals surface area contributed by atoms with Crippen molar-refractivity contribution in [2.24, 2.45) is 0 Å². The first-order chi connectivity index (χ1) is 7.35. The highest BCUT2D eigenvalue weighted by molar-refractivity contribution is 5.50. The minimum atomic E-state index is 0.735. The van der Waals surface area contributed by atoms with Crippen LogP contribution in [-0.2, 0) is 0 Å². The van der Waals surface area contributed by atoms with E-state index in [1.54, 1.807) is 7.11 Å². The van der Waals surface area contributed by atoms with Crippen molar-refractivity contribution in [3.05, 3.63) is 24.3 Å². The van der Waals surface area contributed by atoms with Crippen LogP contribution >= 0.6 is 0 Å². The second-order valence-electron chi connectivity index (χ2n) is 4.10. The fraction of sp³-hybridized carbons (Fsp3) is 0.538. The summed E-state index contributed by atoms with van der Waals surface area (Å²) < 4.78 is 5.17. The molecule has 0 amide bonds. The van der Waals surface area contributed by atoms with E-state index in [1.807, 2.05) is 12.1 Å². The minimum Gasteiger partial charge on any atom is -0.497 e. The van der Waals surface area contributed by atoms with Crippen LogP contribution in [0.1, 0.15) is 26.2 Å². The molecule has 0 bridgehead atoms. The fourth-order valence-electron chi connectivity index (χ4n) is 2.37. The summed E-state index contributed by atoms with van der Waals surface area (Å²) in [5, 5.41) is 0. The Bertz CT molecular complexity index is 307. The topological polar surface area (TPSA) is 12.5 Å². The fourth-order valence-corrected chi connectivity index (χ4v) is 2.37. The van der Waals surface area contributed by atoms with Crippen LogP contribution in [0, 0.1) is 0 Å². The quantitative estimate of drug-likeness (QED) is 0.752. The van der Waals surface area contributed by atoms with Gasteiger partial charge in [-0.2, -0.15) is 0 Å². The first kappa shape index (κ1) is 10.3. The lowest BCUT2D eigenvalue weighted by atomic mass is 10.1. The molecule has 1 heterocycles. The molecule has 2 heteroatoms. The second-order valence-corrected chi connectivity index (χ2v) is 4.10. The molecule has 0 unspecified atom stereocenters. The van der Waals surface area contributed by atoms with Crippen molar-refractivity contribution in [2.75, 3.05) is 18.6 Å². The summed E-state index contributed by atoms with van der Waals surface area (Å²) in [5.41, 5.74) is 1.33. The van der Waals surface area contributed by atoms with Gasteiger partial charge in [0.25, 0.3) is 0 Å². The average Bonchev–Trinajstić information content (AvgIpc) is 2.77. The number of methoxy groups -OCH3 is 1. The molecule has 15 heavy (non-hydrogen) atoms. The maximum absolute atomic E-state index is 5.17. The van der Waals surface area contributed by atoms with Crippen molar-refractivity contribution in [3.8, 4) is 5.75 Å². The molecular formula is C13H19NO. The Morgan fingerprint density at radius 3 is 2.67 bits per heavy atom. The van der Waals surface area contributed by atoms with E-state index in [4.69, 9.17) is 4.74 Å². The number of anilines is 1. The second kappa shape index (κ2) is 4.56. The molecule has 2 rings (SSSR count). The van der Waals surface area contributed by atoms with E-state index in [0.717, 1.165) is 11.8 Å². The van der Waals surface area contributed by atoms with E-state index in [0.29, 0.717) is 0 Å². The van der Waals surface area contributed by atoms with Crippen molar-refractivity contribution < 1.29 is 4.74 Å². The third-order valence-corrected chi connectivity index (χ3v) is 3.25. The van der Waals surface area contributed by atoms with Crippen LogP contribution in [0.5, 0.6) is 5.75 Å². The summed E-state index contributed by atoms with van der Waals surface area (Å²) in [6.45, 7) is 3.47. The number of rotatable bonds is 3. The monoisotopic (exact) mass is 205 g/mol. The molecule has 0 radical (unpaired) electrons. The predicted octanol–water partition coefficient (Wildman–Crippen LogP) is 3.07. The van der Waals surface area contributed by atoms with Crippen LogP contribution in [0.25, 0.3) is 0 Å². The zero-order chi connectivity index (χ0) is 10.7. The van der Waals surface area contributed by atoms with Gasteiger partial charge < -0.3 is 9.64 Å². The number of ether oxygens (including phenoxy) is 1. The number of benzene rings is 1. The largest absolute Gasteiger partial charge is 0.497 e. The van der Waals surface area contributed by atoms with E-state index in [9.17, 15) is 0 Å². The molecule has 2 nitrogen and oxygen atoms in total. The first-order valence-electron chi connectivity index (χ1n) is 5.76. The number of hydrogen-bond acceptors (Lipinski definition) is 2. The molecule has 0 spiro atoms. The highest BCUT2D eigenvalue weighted by Crippen LogP contribution is 2.28. The Labute approximate surface area is 91.9 Å². The molecule has 0 N–H and O–H groups in total. The van der Waals surface area contributed by atoms with Crippen molar-refractivity contribution >= 4 is 5.69 Å². The molecule has 1 aromatic carbocycles. The molecule has 1 atom stereocenters. The Hall–Kier alpha value is -1.18. The SMILES string of the molecule is CC[C@@H]1CCCN1c1ccc(OC)cc1. The summed E-state index contributed by atoms with van der Waals surface area (Å²) in [6.07, 6.45) is 3.90. The average molecular weight is 205 g/mol. The molecule has 0 saturated carbocycles. The van der Waals surface area contributed by atoms with E-state index >= 15 is 0 Å². The van der Waals surface area contributed by atoms with E-state index in [1.165, 1.54) is 31.5 Å². The maximum Gasteiger partial charge on any atom is 0.119 e. The molecule has 1 fully saturated rings. The van der Waals surface area contributed by atoms with Crippen molar-refractivity contribution in [1.29, 1.82) is 0 Å². The highest BCUT2D eigenvalue weighted by Gasteiger charge is 2.22. The Balaban J connectivity index is 2.14. The maximum atomic E-state index is 5.17. The van der Waals surface area contributed by atoms with Gasteiger partial charge in [-0.05, 0) is 43.5 Å². The molecule has 0 aromatic heterocycles. The summed E-state index contributed by atoms with van der Waals surface area (Å²) in [4.78, 5) is 2.51. The molecule has 82 valence electrons. The highest BCUT2D eigenvalue weighted by atomic mass is 16.5. The molecule has 0 aliphatic carbocycles. The standard InChI is InChI=1S/C13H19NO/c1-3-11-5-4-10-14(11)12-6-8-13(15-2)9-7-12/h6-9,11H,3-5,10H2,1-2H3/t11-/m1/s1. The summed E-state index contributed by atoms with van der Waals surface area (Å²) >= 11 is 0. The van der Waals surface area contributed by atoms with Gasteiger partial charge >= 0.3 is 0 Å². The van der Waals surface area contributed by atoms with Gasteiger partial charge in [-0.3, -0.25) is 0 Å². The van der Waals surface area contributed by atoms with Gasteiger partial charge in [0, 0.05) is 18.3 Å². The summed E-state index contributed by atoms with van der Waals surface area (Å²) in [5.74, 6) is 0.936. The van der Waals surface area contributed by atoms with Gasteiger partial charge in [0.15, 0.2) is 0 Å². The lowest BCUT2D eigenvalue weighted by molar-refractivity contribution is 0.415. The normalized spacial score (nSPS) is 20.7. The molecule has 1 aromatic rings. The summed E-state index contributed by atoms with van der Waals surface area (Å²) in [7, 11) is 1.71. The predicted molar refractivity (Wildman–Crippen MR) is 63.7 cm³/mol. The van der Waals surface area contributed by atoms with Gasteiger partial charge in [-0.25, -0.2) is 0 Å². The van der Waals surface area contributed by atoms with Crippen LogP contribution in [0.15, 0.2) is 24.3 Å². The molecule has 1 aliphatic rings. The zero-order valence-corrected chi connectivity index (χ0v) is 9.57. The molecule has 1 saturated heterocycles. The smallest absolute Gasteiger partial charge is 0.119 e. The van der Waals surface area contributed by atoms with Crippen LogP contribution in [0.4, 0.5) is 5.69 Å². The third-order valence-electron chi connectivity index (χ3n) is 3.25. The van der Waals surface area contributed by atoms with Crippen LogP contribution < -0.4 is 9.64 Å². The summed E-state index contributed by atoms with van der Waals surface area (Å²) in [6, 6.07) is 9.14. The van der Waals surface area contributed by atoms with Crippen molar-refractivity contribution in [2.45, 2.75) is 32.2 Å². The van der Waals surface area contributed by atoms with Crippen LogP contribution in [-0.4, -0.2) is 19.7 Å². The third kappa shape index (κ3) is 2.09. The Morgan fingerprint density at radius 2 is 2.07 bits per heavy atom. The Morgan fingerprint density at radius 1 is 1.33 bits per heavy atom. The van der Waals surface area contributed by atoms with Gasteiger partial charge in [-0.1, -0.05) is 6.92 Å². The van der Waals surface area contributed by atoms with Gasteiger partial charge in [0.1, 0.15) is 5.75 Å². The number of nitrogens with zero attached hydrogens (tertiary/aromatic N) is 1. The van der Waals surface area contributed by atoms with Crippen molar-refractivity contribution in [1.82, 2.24) is 0 Å². The number of hydrogen-bond donors (Lipinski definition) is 0. The van der Waals surface area contributed by atoms with E-state index in [-0.39, 0.29) is 0 Å². The molecule has 1 aliphatic heterocycles. The minimum absolute atomic E-state index is 0.735. The Kier molecular flexibility index (Phi) is 3.14. The van der Waals surface area contributed by atoms with E-state index in [2.05, 4.69) is 24.0 Å². The van der Waals surface area contributed by atoms with Gasteiger partial charge in [0.2, 0.25) is 0 Å². The van der Waals surface area contributed by atoms with Gasteiger partial charge in [-0.15, -0.1) is 0 Å². The van der Waals surface area contributed by atoms with Crippen molar-refractivity contribution in [3.63, 3.8) is 0 Å². The van der Waals surface area contributed by atoms with Gasteiger partial charge in [0.05, 0.1) is 7.11 Å². The molecular weight excluding hydrogens is 186 g/mol. The van der Waals surface area contributed by atoms with E-state index < -0.39 is 0 Å². The first-order valence-corrected chi connectivity index (χ1v) is 5.76. The lowest BCUT2D eigenvalue weighted by Crippen LogP contribution is -2.28. The van der Waals surface area contributed by atoms with Crippen LogP contribution in [0.2, 0.25) is 0 Å². The van der Waals surface area contributed by atoms with Crippen LogP contribution in [0.3, 0.4) is 0 Å². The lowest BCUT2D eigenvalue weighted by Gasteiger charge is -2.25. The zero-order valence-electron chi connectivity index (χ0n) is 9.57.